The molecule has 2 N–H and O–H groups in total. The molecule has 154 valence electrons. The van der Waals surface area contributed by atoms with Gasteiger partial charge in [-0.05, 0) is 42.7 Å². The standard InChI is InChI=1S/C24H25N3O3/c1-30-20-10-8-17(9-11-20)21-6-2-3-7-22(21)26-23(28)19-5-4-14-27(16-19)24(29)18-12-13-25-15-18/h2-3,6-13,15,19,25H,4-5,14,16H2,1H3,(H,26,28)/t19-/m1/s1. The largest absolute Gasteiger partial charge is 0.497 e. The molecule has 2 aromatic carbocycles. The van der Waals surface area contributed by atoms with E-state index in [0.29, 0.717) is 18.7 Å². The summed E-state index contributed by atoms with van der Waals surface area (Å²) in [6, 6.07) is 17.3. The molecular formula is C24H25N3O3. The number of hydrogen-bond acceptors (Lipinski definition) is 3. The van der Waals surface area contributed by atoms with Gasteiger partial charge >= 0.3 is 0 Å². The predicted molar refractivity (Wildman–Crippen MR) is 116 cm³/mol. The number of piperidine rings is 1. The van der Waals surface area contributed by atoms with Gasteiger partial charge in [0, 0.05) is 36.7 Å². The fraction of sp³-hybridized carbons (Fsp3) is 0.250. The Hall–Kier alpha value is -3.54. The summed E-state index contributed by atoms with van der Waals surface area (Å²) in [5.41, 5.74) is 3.34. The monoisotopic (exact) mass is 403 g/mol. The number of ether oxygens (including phenoxy) is 1. The Morgan fingerprint density at radius 2 is 1.90 bits per heavy atom. The maximum Gasteiger partial charge on any atom is 0.255 e. The van der Waals surface area contributed by atoms with Gasteiger partial charge in [-0.15, -0.1) is 0 Å². The Labute approximate surface area is 175 Å². The van der Waals surface area contributed by atoms with Crippen molar-refractivity contribution in [2.75, 3.05) is 25.5 Å². The van der Waals surface area contributed by atoms with Crippen molar-refractivity contribution in [2.24, 2.45) is 5.92 Å². The van der Waals surface area contributed by atoms with Crippen LogP contribution in [0, 0.1) is 5.92 Å². The lowest BCUT2D eigenvalue weighted by molar-refractivity contribution is -0.121. The zero-order valence-electron chi connectivity index (χ0n) is 16.9. The first kappa shape index (κ1) is 19.8. The molecule has 1 aliphatic rings. The van der Waals surface area contributed by atoms with Gasteiger partial charge in [-0.1, -0.05) is 30.3 Å². The highest BCUT2D eigenvalue weighted by atomic mass is 16.5. The summed E-state index contributed by atoms with van der Waals surface area (Å²) >= 11 is 0. The Balaban J connectivity index is 1.48. The van der Waals surface area contributed by atoms with Gasteiger partial charge in [0.1, 0.15) is 5.75 Å². The van der Waals surface area contributed by atoms with Crippen LogP contribution < -0.4 is 10.1 Å². The number of methoxy groups -OCH3 is 1. The lowest BCUT2D eigenvalue weighted by atomic mass is 9.96. The van der Waals surface area contributed by atoms with Crippen molar-refractivity contribution in [1.29, 1.82) is 0 Å². The SMILES string of the molecule is COc1ccc(-c2ccccc2NC(=O)[C@@H]2CCCN(C(=O)c3cc[nH]c3)C2)cc1. The minimum Gasteiger partial charge on any atom is -0.497 e. The summed E-state index contributed by atoms with van der Waals surface area (Å²) in [5, 5.41) is 3.09. The molecule has 0 radical (unpaired) electrons. The van der Waals surface area contributed by atoms with Crippen LogP contribution in [0.2, 0.25) is 0 Å². The summed E-state index contributed by atoms with van der Waals surface area (Å²) in [5.74, 6) is 0.468. The third-order valence-electron chi connectivity index (χ3n) is 5.51. The molecule has 2 amide bonds. The van der Waals surface area contributed by atoms with Crippen molar-refractivity contribution >= 4 is 17.5 Å². The first-order chi connectivity index (χ1) is 14.7. The Kier molecular flexibility index (Phi) is 5.84. The third kappa shape index (κ3) is 4.22. The van der Waals surface area contributed by atoms with Crippen LogP contribution >= 0.6 is 0 Å². The number of aromatic nitrogens is 1. The number of amides is 2. The molecule has 0 saturated carbocycles. The fourth-order valence-electron chi connectivity index (χ4n) is 3.86. The van der Waals surface area contributed by atoms with Crippen LogP contribution in [-0.2, 0) is 4.79 Å². The molecule has 0 aliphatic carbocycles. The van der Waals surface area contributed by atoms with Gasteiger partial charge in [0.25, 0.3) is 5.91 Å². The summed E-state index contributed by atoms with van der Waals surface area (Å²) in [7, 11) is 1.64. The van der Waals surface area contributed by atoms with E-state index < -0.39 is 0 Å². The maximum absolute atomic E-state index is 13.0. The first-order valence-corrected chi connectivity index (χ1v) is 10.1. The molecule has 0 unspecified atom stereocenters. The summed E-state index contributed by atoms with van der Waals surface area (Å²) in [6.07, 6.45) is 5.01. The second kappa shape index (κ2) is 8.86. The Bertz CT molecular complexity index is 1010. The molecule has 6 nitrogen and oxygen atoms in total. The van der Waals surface area contributed by atoms with Crippen LogP contribution in [-0.4, -0.2) is 41.9 Å². The van der Waals surface area contributed by atoms with E-state index in [1.165, 1.54) is 0 Å². The second-order valence-electron chi connectivity index (χ2n) is 7.45. The second-order valence-corrected chi connectivity index (χ2v) is 7.45. The van der Waals surface area contributed by atoms with Gasteiger partial charge in [-0.3, -0.25) is 9.59 Å². The number of hydrogen-bond donors (Lipinski definition) is 2. The number of nitrogens with one attached hydrogen (secondary N) is 2. The number of aromatic amines is 1. The van der Waals surface area contributed by atoms with Crippen LogP contribution in [0.1, 0.15) is 23.2 Å². The number of para-hydroxylation sites is 1. The van der Waals surface area contributed by atoms with Gasteiger partial charge in [0.05, 0.1) is 18.6 Å². The number of H-pyrrole nitrogens is 1. The number of carbonyl (C=O) groups excluding carboxylic acids is 2. The van der Waals surface area contributed by atoms with Crippen LogP contribution in [0.5, 0.6) is 5.75 Å². The van der Waals surface area contributed by atoms with E-state index >= 15 is 0 Å². The Morgan fingerprint density at radius 1 is 1.10 bits per heavy atom. The van der Waals surface area contributed by atoms with Crippen LogP contribution in [0.25, 0.3) is 11.1 Å². The molecule has 2 heterocycles. The number of likely N-dealkylation sites (tertiary alicyclic amines) is 1. The van der Waals surface area contributed by atoms with Crippen molar-refractivity contribution in [2.45, 2.75) is 12.8 Å². The molecule has 30 heavy (non-hydrogen) atoms. The average molecular weight is 403 g/mol. The van der Waals surface area contributed by atoms with Crippen molar-refractivity contribution in [3.8, 4) is 16.9 Å². The van der Waals surface area contributed by atoms with Gasteiger partial charge < -0.3 is 19.9 Å². The van der Waals surface area contributed by atoms with E-state index in [4.69, 9.17) is 4.74 Å². The molecular weight excluding hydrogens is 378 g/mol. The third-order valence-corrected chi connectivity index (χ3v) is 5.51. The predicted octanol–water partition coefficient (Wildman–Crippen LogP) is 4.18. The van der Waals surface area contributed by atoms with E-state index in [0.717, 1.165) is 35.4 Å². The van der Waals surface area contributed by atoms with Crippen LogP contribution in [0.15, 0.2) is 67.0 Å². The minimum atomic E-state index is -0.231. The lowest BCUT2D eigenvalue weighted by Gasteiger charge is -2.32. The van der Waals surface area contributed by atoms with Gasteiger partial charge in [-0.2, -0.15) is 0 Å². The van der Waals surface area contributed by atoms with E-state index in [9.17, 15) is 9.59 Å². The van der Waals surface area contributed by atoms with Crippen molar-refractivity contribution in [3.63, 3.8) is 0 Å². The molecule has 1 atom stereocenters. The first-order valence-electron chi connectivity index (χ1n) is 10.1. The highest BCUT2D eigenvalue weighted by molar-refractivity contribution is 5.98. The van der Waals surface area contributed by atoms with Gasteiger partial charge in [0.15, 0.2) is 0 Å². The fourth-order valence-corrected chi connectivity index (χ4v) is 3.86. The van der Waals surface area contributed by atoms with E-state index in [-0.39, 0.29) is 17.7 Å². The molecule has 1 saturated heterocycles. The average Bonchev–Trinajstić information content (AvgIpc) is 3.34. The highest BCUT2D eigenvalue weighted by Gasteiger charge is 2.29. The van der Waals surface area contributed by atoms with Crippen LogP contribution in [0.4, 0.5) is 5.69 Å². The zero-order valence-corrected chi connectivity index (χ0v) is 16.9. The summed E-state index contributed by atoms with van der Waals surface area (Å²) in [4.78, 5) is 30.4. The number of carbonyl (C=O) groups is 2. The number of benzene rings is 2. The normalized spacial score (nSPS) is 16.2. The summed E-state index contributed by atoms with van der Waals surface area (Å²) < 4.78 is 5.23. The quantitative estimate of drug-likeness (QED) is 0.671. The Morgan fingerprint density at radius 3 is 2.63 bits per heavy atom. The van der Waals surface area contributed by atoms with Crippen molar-refractivity contribution in [3.05, 3.63) is 72.6 Å². The number of anilines is 1. The molecule has 6 heteroatoms. The van der Waals surface area contributed by atoms with E-state index in [1.807, 2.05) is 48.5 Å². The minimum absolute atomic E-state index is 0.0348. The summed E-state index contributed by atoms with van der Waals surface area (Å²) in [6.45, 7) is 1.11. The number of nitrogens with zero attached hydrogens (tertiary/aromatic N) is 1. The zero-order chi connectivity index (χ0) is 20.9. The van der Waals surface area contributed by atoms with Crippen molar-refractivity contribution < 1.29 is 14.3 Å². The lowest BCUT2D eigenvalue weighted by Crippen LogP contribution is -2.43. The number of rotatable bonds is 5. The van der Waals surface area contributed by atoms with E-state index in [1.54, 1.807) is 30.5 Å². The highest BCUT2D eigenvalue weighted by Crippen LogP contribution is 2.30. The molecule has 1 aliphatic heterocycles. The molecule has 4 rings (SSSR count). The molecule has 0 bridgehead atoms. The molecule has 1 aromatic heterocycles. The van der Waals surface area contributed by atoms with E-state index in [2.05, 4.69) is 10.3 Å². The van der Waals surface area contributed by atoms with Gasteiger partial charge in [-0.25, -0.2) is 0 Å². The van der Waals surface area contributed by atoms with Gasteiger partial charge in [0.2, 0.25) is 5.91 Å². The molecule has 0 spiro atoms. The molecule has 1 fully saturated rings. The topological polar surface area (TPSA) is 74.4 Å². The maximum atomic E-state index is 13.0. The molecule has 3 aromatic rings. The van der Waals surface area contributed by atoms with Crippen molar-refractivity contribution in [1.82, 2.24) is 9.88 Å². The van der Waals surface area contributed by atoms with Crippen LogP contribution in [0.3, 0.4) is 0 Å². The smallest absolute Gasteiger partial charge is 0.255 e.